The number of carboxylic acid groups (broad SMARTS) is 1. The topological polar surface area (TPSA) is 57.5 Å². The van der Waals surface area contributed by atoms with Crippen LogP contribution in [-0.4, -0.2) is 22.3 Å². The molecule has 82 valence electrons. The van der Waals surface area contributed by atoms with E-state index in [0.717, 1.165) is 5.56 Å². The van der Waals surface area contributed by atoms with E-state index in [1.54, 1.807) is 38.1 Å². The summed E-state index contributed by atoms with van der Waals surface area (Å²) in [5.74, 6) is -1.23. The second-order valence-electron chi connectivity index (χ2n) is 3.97. The van der Waals surface area contributed by atoms with Gasteiger partial charge in [0, 0.05) is 10.4 Å². The summed E-state index contributed by atoms with van der Waals surface area (Å²) in [5, 5.41) is 18.9. The summed E-state index contributed by atoms with van der Waals surface area (Å²) in [5.41, 5.74) is -0.0991. The normalized spacial score (nSPS) is 13.6. The van der Waals surface area contributed by atoms with Crippen LogP contribution in [0.15, 0.2) is 24.3 Å². The first-order valence-corrected chi connectivity index (χ1v) is 4.90. The Morgan fingerprint density at radius 2 is 1.80 bits per heavy atom. The van der Waals surface area contributed by atoms with Crippen molar-refractivity contribution >= 4 is 17.6 Å². The Morgan fingerprint density at radius 1 is 1.33 bits per heavy atom. The minimum Gasteiger partial charge on any atom is -0.479 e. The maximum Gasteiger partial charge on any atom is 0.333 e. The predicted octanol–water partition coefficient (Wildman–Crippen LogP) is 2.06. The van der Waals surface area contributed by atoms with Crippen molar-refractivity contribution in [1.29, 1.82) is 0 Å². The third kappa shape index (κ3) is 2.49. The minimum absolute atomic E-state index is 0.583. The number of rotatable bonds is 3. The number of aliphatic hydroxyl groups is 1. The molecule has 1 aromatic rings. The number of halogens is 1. The summed E-state index contributed by atoms with van der Waals surface area (Å²) in [6, 6.07) is 6.78. The lowest BCUT2D eigenvalue weighted by Gasteiger charge is -2.28. The first-order chi connectivity index (χ1) is 6.85. The molecular weight excluding hydrogens is 216 g/mol. The van der Waals surface area contributed by atoms with Gasteiger partial charge in [0.15, 0.2) is 6.10 Å². The van der Waals surface area contributed by atoms with Crippen LogP contribution in [0.25, 0.3) is 0 Å². The Hall–Kier alpha value is -1.06. The third-order valence-electron chi connectivity index (χ3n) is 2.51. The Labute approximate surface area is 93.3 Å². The molecule has 0 bridgehead atoms. The number of carbonyl (C=O) groups is 1. The van der Waals surface area contributed by atoms with Crippen LogP contribution in [0.2, 0.25) is 5.02 Å². The molecule has 0 heterocycles. The van der Waals surface area contributed by atoms with E-state index < -0.39 is 17.5 Å². The SMILES string of the molecule is CC(C)(c1ccc(Cl)cc1)C(O)C(=O)O. The molecule has 0 radical (unpaired) electrons. The number of hydrogen-bond donors (Lipinski definition) is 2. The summed E-state index contributed by atoms with van der Waals surface area (Å²) in [6.45, 7) is 3.35. The van der Waals surface area contributed by atoms with Gasteiger partial charge < -0.3 is 10.2 Å². The standard InChI is InChI=1S/C11H13ClO3/c1-11(2,9(13)10(14)15)7-3-5-8(12)6-4-7/h3-6,9,13H,1-2H3,(H,14,15). The first kappa shape index (κ1) is 12.0. The van der Waals surface area contributed by atoms with Crippen LogP contribution in [0.4, 0.5) is 0 Å². The summed E-state index contributed by atoms with van der Waals surface area (Å²) >= 11 is 5.73. The van der Waals surface area contributed by atoms with Crippen LogP contribution in [0, 0.1) is 0 Å². The lowest BCUT2D eigenvalue weighted by molar-refractivity contribution is -0.150. The molecule has 3 nitrogen and oxygen atoms in total. The molecule has 0 spiro atoms. The molecule has 0 aromatic heterocycles. The third-order valence-corrected chi connectivity index (χ3v) is 2.76. The van der Waals surface area contributed by atoms with Crippen LogP contribution in [0.5, 0.6) is 0 Å². The molecule has 15 heavy (non-hydrogen) atoms. The highest BCUT2D eigenvalue weighted by molar-refractivity contribution is 6.30. The van der Waals surface area contributed by atoms with Crippen molar-refractivity contribution in [3.63, 3.8) is 0 Å². The molecule has 4 heteroatoms. The van der Waals surface area contributed by atoms with Crippen LogP contribution in [-0.2, 0) is 10.2 Å². The fourth-order valence-corrected chi connectivity index (χ4v) is 1.47. The molecule has 2 N–H and O–H groups in total. The average Bonchev–Trinajstić information content (AvgIpc) is 2.17. The van der Waals surface area contributed by atoms with Gasteiger partial charge in [0.25, 0.3) is 0 Å². The molecule has 0 amide bonds. The number of benzene rings is 1. The van der Waals surface area contributed by atoms with Crippen molar-refractivity contribution in [2.45, 2.75) is 25.4 Å². The molecular formula is C11H13ClO3. The molecule has 0 fully saturated rings. The summed E-state index contributed by atoms with van der Waals surface area (Å²) in [7, 11) is 0. The Morgan fingerprint density at radius 3 is 2.20 bits per heavy atom. The van der Waals surface area contributed by atoms with E-state index in [4.69, 9.17) is 16.7 Å². The van der Waals surface area contributed by atoms with Crippen LogP contribution in [0.1, 0.15) is 19.4 Å². The molecule has 0 aliphatic carbocycles. The summed E-state index contributed by atoms with van der Waals surface area (Å²) in [6.07, 6.45) is -1.43. The minimum atomic E-state index is -1.43. The predicted molar refractivity (Wildman–Crippen MR) is 58.1 cm³/mol. The second kappa shape index (κ2) is 4.21. The van der Waals surface area contributed by atoms with Crippen molar-refractivity contribution in [2.75, 3.05) is 0 Å². The van der Waals surface area contributed by atoms with Gasteiger partial charge in [0.05, 0.1) is 0 Å². The fraction of sp³-hybridized carbons (Fsp3) is 0.364. The largest absolute Gasteiger partial charge is 0.479 e. The fourth-order valence-electron chi connectivity index (χ4n) is 1.35. The van der Waals surface area contributed by atoms with Gasteiger partial charge in [-0.1, -0.05) is 37.6 Å². The maximum atomic E-state index is 10.7. The van der Waals surface area contributed by atoms with Crippen molar-refractivity contribution in [3.8, 4) is 0 Å². The monoisotopic (exact) mass is 228 g/mol. The zero-order chi connectivity index (χ0) is 11.6. The second-order valence-corrected chi connectivity index (χ2v) is 4.41. The summed E-state index contributed by atoms with van der Waals surface area (Å²) in [4.78, 5) is 10.7. The molecule has 1 unspecified atom stereocenters. The molecule has 1 atom stereocenters. The molecule has 0 saturated heterocycles. The quantitative estimate of drug-likeness (QED) is 0.833. The molecule has 1 aromatic carbocycles. The van der Waals surface area contributed by atoms with Crippen LogP contribution in [0.3, 0.4) is 0 Å². The number of aliphatic hydroxyl groups excluding tert-OH is 1. The average molecular weight is 229 g/mol. The zero-order valence-corrected chi connectivity index (χ0v) is 9.32. The van der Waals surface area contributed by atoms with Gasteiger partial charge in [-0.05, 0) is 17.7 Å². The molecule has 0 aliphatic heterocycles. The lowest BCUT2D eigenvalue weighted by atomic mass is 9.79. The van der Waals surface area contributed by atoms with Crippen molar-refractivity contribution in [1.82, 2.24) is 0 Å². The smallest absolute Gasteiger partial charge is 0.333 e. The highest BCUT2D eigenvalue weighted by atomic mass is 35.5. The molecule has 1 rings (SSSR count). The zero-order valence-electron chi connectivity index (χ0n) is 8.57. The van der Waals surface area contributed by atoms with Crippen molar-refractivity contribution < 1.29 is 15.0 Å². The maximum absolute atomic E-state index is 10.7. The Balaban J connectivity index is 3.05. The van der Waals surface area contributed by atoms with E-state index >= 15 is 0 Å². The van der Waals surface area contributed by atoms with Gasteiger partial charge in [-0.15, -0.1) is 0 Å². The van der Waals surface area contributed by atoms with Gasteiger partial charge >= 0.3 is 5.97 Å². The lowest BCUT2D eigenvalue weighted by Crippen LogP contribution is -2.39. The van der Waals surface area contributed by atoms with Crippen LogP contribution >= 0.6 is 11.6 Å². The van der Waals surface area contributed by atoms with Crippen molar-refractivity contribution in [2.24, 2.45) is 0 Å². The Kier molecular flexibility index (Phi) is 3.37. The van der Waals surface area contributed by atoms with Gasteiger partial charge in [-0.25, -0.2) is 4.79 Å². The molecule has 0 saturated carbocycles. The first-order valence-electron chi connectivity index (χ1n) is 4.52. The van der Waals surface area contributed by atoms with Gasteiger partial charge in [-0.2, -0.15) is 0 Å². The van der Waals surface area contributed by atoms with Gasteiger partial charge in [-0.3, -0.25) is 0 Å². The van der Waals surface area contributed by atoms with Crippen molar-refractivity contribution in [3.05, 3.63) is 34.9 Å². The van der Waals surface area contributed by atoms with E-state index in [1.807, 2.05) is 0 Å². The Bertz CT molecular complexity index is 357. The highest BCUT2D eigenvalue weighted by Crippen LogP contribution is 2.28. The number of carboxylic acids is 1. The van der Waals surface area contributed by atoms with E-state index in [9.17, 15) is 9.90 Å². The summed E-state index contributed by atoms with van der Waals surface area (Å²) < 4.78 is 0. The highest BCUT2D eigenvalue weighted by Gasteiger charge is 2.34. The number of aliphatic carboxylic acids is 1. The van der Waals surface area contributed by atoms with Crippen LogP contribution < -0.4 is 0 Å². The van der Waals surface area contributed by atoms with E-state index in [1.165, 1.54) is 0 Å². The van der Waals surface area contributed by atoms with E-state index in [0.29, 0.717) is 5.02 Å². The van der Waals surface area contributed by atoms with E-state index in [2.05, 4.69) is 0 Å². The van der Waals surface area contributed by atoms with E-state index in [-0.39, 0.29) is 0 Å². The van der Waals surface area contributed by atoms with Gasteiger partial charge in [0.1, 0.15) is 0 Å². The van der Waals surface area contributed by atoms with Gasteiger partial charge in [0.2, 0.25) is 0 Å². The molecule has 0 aliphatic rings. The number of hydrogen-bond acceptors (Lipinski definition) is 2.